The Morgan fingerprint density at radius 1 is 0.926 bits per heavy atom. The average Bonchev–Trinajstić information content (AvgIpc) is 3.25. The minimum absolute atomic E-state index is 0. The molecule has 0 fully saturated rings. The number of halogens is 2. The van der Waals surface area contributed by atoms with Crippen LogP contribution in [0.3, 0.4) is 0 Å². The second-order valence-electron chi connectivity index (χ2n) is 5.39. The van der Waals surface area contributed by atoms with Crippen molar-refractivity contribution in [3.8, 4) is 0 Å². The van der Waals surface area contributed by atoms with E-state index in [2.05, 4.69) is 92.7 Å². The molecule has 4 heteroatoms. The molecule has 146 valence electrons. The van der Waals surface area contributed by atoms with E-state index >= 15 is 0 Å². The van der Waals surface area contributed by atoms with E-state index in [1.165, 1.54) is 51.7 Å². The molecule has 1 aliphatic rings. The monoisotopic (exact) mass is 492 g/mol. The third-order valence-electron chi connectivity index (χ3n) is 3.97. The summed E-state index contributed by atoms with van der Waals surface area (Å²) < 4.78 is 0. The van der Waals surface area contributed by atoms with Crippen LogP contribution < -0.4 is 0 Å². The Balaban J connectivity index is -0.000000351. The summed E-state index contributed by atoms with van der Waals surface area (Å²) in [6.45, 7) is 6.95. The summed E-state index contributed by atoms with van der Waals surface area (Å²) in [6.07, 6.45) is 6.70. The van der Waals surface area contributed by atoms with E-state index in [0.29, 0.717) is 5.92 Å². The van der Waals surface area contributed by atoms with E-state index in [9.17, 15) is 0 Å². The van der Waals surface area contributed by atoms with Crippen LogP contribution in [0.1, 0.15) is 29.9 Å². The zero-order valence-electron chi connectivity index (χ0n) is 16.0. The average molecular weight is 495 g/mol. The second-order valence-corrected chi connectivity index (χ2v) is 5.39. The molecule has 1 unspecified atom stereocenters. The molecule has 1 aliphatic carbocycles. The van der Waals surface area contributed by atoms with Crippen molar-refractivity contribution in [2.24, 2.45) is 0 Å². The van der Waals surface area contributed by atoms with Gasteiger partial charge in [0.05, 0.1) is 0 Å². The third-order valence-corrected chi connectivity index (χ3v) is 3.97. The van der Waals surface area contributed by atoms with Crippen LogP contribution in [-0.4, -0.2) is 6.88 Å². The van der Waals surface area contributed by atoms with Gasteiger partial charge in [-0.15, -0.1) is 54.5 Å². The predicted octanol–water partition coefficient (Wildman–Crippen LogP) is 7.33. The summed E-state index contributed by atoms with van der Waals surface area (Å²) in [7, 11) is 0. The van der Waals surface area contributed by atoms with Gasteiger partial charge in [-0.3, -0.25) is 0 Å². The van der Waals surface area contributed by atoms with Crippen LogP contribution in [0.15, 0.2) is 72.8 Å². The van der Waals surface area contributed by atoms with Gasteiger partial charge in [0, 0.05) is 5.92 Å². The minimum Gasteiger partial charge on any atom is -0.168 e. The second kappa shape index (κ2) is 17.6. The number of benzene rings is 2. The molecule has 0 saturated carbocycles. The maximum absolute atomic E-state index is 3.89. The van der Waals surface area contributed by atoms with Crippen molar-refractivity contribution in [1.29, 1.82) is 0 Å². The maximum atomic E-state index is 3.89. The molecule has 0 saturated heterocycles. The van der Waals surface area contributed by atoms with Gasteiger partial charge in [0.15, 0.2) is 0 Å². The summed E-state index contributed by atoms with van der Waals surface area (Å²) >= 11 is 1.36. The van der Waals surface area contributed by atoms with Crippen molar-refractivity contribution in [3.05, 3.63) is 106 Å². The number of fused-ring (bicyclic) bond motifs is 2. The van der Waals surface area contributed by atoms with Gasteiger partial charge in [0.25, 0.3) is 0 Å². The molecular formula is C23H28Cl2SiZr-4. The molecule has 0 heterocycles. The first kappa shape index (κ1) is 31.2. The van der Waals surface area contributed by atoms with Gasteiger partial charge in [0.1, 0.15) is 0 Å². The van der Waals surface area contributed by atoms with Gasteiger partial charge >= 0.3 is 30.2 Å². The fourth-order valence-electron chi connectivity index (χ4n) is 2.87. The van der Waals surface area contributed by atoms with Gasteiger partial charge in [0.2, 0.25) is 0 Å². The molecule has 0 nitrogen and oxygen atoms in total. The van der Waals surface area contributed by atoms with Gasteiger partial charge in [-0.25, -0.2) is 0 Å². The summed E-state index contributed by atoms with van der Waals surface area (Å²) in [5.74, 6) is 0.624. The van der Waals surface area contributed by atoms with Crippen molar-refractivity contribution >= 4 is 48.5 Å². The van der Waals surface area contributed by atoms with Crippen LogP contribution >= 0.6 is 24.8 Å². The van der Waals surface area contributed by atoms with Crippen molar-refractivity contribution in [3.63, 3.8) is 0 Å². The first-order valence-corrected chi connectivity index (χ1v) is 12.0. The number of hydrogen-bond acceptors (Lipinski definition) is 0. The Labute approximate surface area is 195 Å². The van der Waals surface area contributed by atoms with Gasteiger partial charge in [-0.1, -0.05) is 48.9 Å². The quantitative estimate of drug-likeness (QED) is 0.258. The first-order chi connectivity index (χ1) is 11.4. The van der Waals surface area contributed by atoms with Crippen LogP contribution in [0.2, 0.25) is 0 Å². The van der Waals surface area contributed by atoms with Gasteiger partial charge in [-0.2, -0.15) is 23.9 Å². The smallest absolute Gasteiger partial charge is 0.0809 e. The Morgan fingerprint density at radius 2 is 1.56 bits per heavy atom. The van der Waals surface area contributed by atoms with E-state index < -0.39 is 0 Å². The molecule has 1 atom stereocenters. The largest absolute Gasteiger partial charge is 0.168 e. The normalized spacial score (nSPS) is 12.2. The summed E-state index contributed by atoms with van der Waals surface area (Å²) in [5, 5.41) is 2.66. The predicted molar refractivity (Wildman–Crippen MR) is 125 cm³/mol. The van der Waals surface area contributed by atoms with Crippen LogP contribution in [0.25, 0.3) is 16.8 Å². The summed E-state index contributed by atoms with van der Waals surface area (Å²) in [4.78, 5) is 0. The molecule has 0 aliphatic heterocycles. The maximum Gasteiger partial charge on any atom is -0.0809 e. The number of hydrogen-bond donors (Lipinski definition) is 0. The summed E-state index contributed by atoms with van der Waals surface area (Å²) in [6, 6.07) is 23.3. The Bertz CT molecular complexity index is 737. The zero-order valence-corrected chi connectivity index (χ0v) is 21.1. The standard InChI is InChI=1S/C12H13.C9H7.2CH3.2ClH.Si.Zr/c1-2-5-10-8-9-11-6-3-4-7-12(10)11;1-2-5-9-7-3-6-8(9)4-1;;;;;;/h3-4,6-10H,1-2,5H2;1-7H;2*1H3;2*1H;;/q4*-1;;;;. The molecule has 3 aromatic rings. The van der Waals surface area contributed by atoms with Gasteiger partial charge < -0.3 is 21.8 Å². The Hall–Kier alpha value is -0.530. The fraction of sp³-hybridized carbons (Fsp3) is 0.130. The minimum atomic E-state index is 0. The van der Waals surface area contributed by atoms with Crippen molar-refractivity contribution in [2.45, 2.75) is 18.8 Å². The summed E-state index contributed by atoms with van der Waals surface area (Å²) in [5.41, 5.74) is 2.86. The molecule has 4 rings (SSSR count). The molecule has 27 heavy (non-hydrogen) atoms. The van der Waals surface area contributed by atoms with E-state index in [1.807, 2.05) is 0 Å². The van der Waals surface area contributed by atoms with Crippen LogP contribution in [0.4, 0.5) is 0 Å². The number of allylic oxidation sites excluding steroid dienone is 1. The molecule has 0 spiro atoms. The molecule has 0 bridgehead atoms. The SMILES string of the molecule is Cl.Cl.[CH2-]CCC1C=Cc2ccccc21.[CH3-].[CH3-].[Si]=[Zr].c1ccc2[cH-]ccc2c1. The third kappa shape index (κ3) is 9.01. The molecule has 0 amide bonds. The van der Waals surface area contributed by atoms with E-state index in [-0.39, 0.29) is 39.7 Å². The van der Waals surface area contributed by atoms with Crippen LogP contribution in [0.5, 0.6) is 0 Å². The Morgan fingerprint density at radius 3 is 2.22 bits per heavy atom. The molecule has 2 radical (unpaired) electrons. The van der Waals surface area contributed by atoms with Crippen molar-refractivity contribution in [1.82, 2.24) is 0 Å². The number of rotatable bonds is 2. The first-order valence-electron chi connectivity index (χ1n) is 7.80. The van der Waals surface area contributed by atoms with Crippen LogP contribution in [-0.2, 0) is 23.3 Å². The molecule has 3 aromatic carbocycles. The van der Waals surface area contributed by atoms with Crippen LogP contribution in [0, 0.1) is 21.8 Å². The van der Waals surface area contributed by atoms with Crippen molar-refractivity contribution in [2.75, 3.05) is 0 Å². The topological polar surface area (TPSA) is 0 Å². The zero-order chi connectivity index (χ0) is 16.5. The van der Waals surface area contributed by atoms with Gasteiger partial charge in [-0.05, 0) is 11.1 Å². The molecule has 0 N–H and O–H groups in total. The molecular weight excluding hydrogens is 466 g/mol. The molecule has 0 aromatic heterocycles. The van der Waals surface area contributed by atoms with Crippen molar-refractivity contribution < 1.29 is 23.3 Å². The van der Waals surface area contributed by atoms with E-state index in [0.717, 1.165) is 6.42 Å². The van der Waals surface area contributed by atoms with E-state index in [1.54, 1.807) is 0 Å². The van der Waals surface area contributed by atoms with E-state index in [4.69, 9.17) is 0 Å². The fourth-order valence-corrected chi connectivity index (χ4v) is 2.87. The Kier molecular flexibility index (Phi) is 20.3.